The van der Waals surface area contributed by atoms with Gasteiger partial charge in [-0.1, -0.05) is 36.4 Å². The predicted octanol–water partition coefficient (Wildman–Crippen LogP) is 2.49. The van der Waals surface area contributed by atoms with Gasteiger partial charge in [-0.05, 0) is 55.9 Å². The summed E-state index contributed by atoms with van der Waals surface area (Å²) in [6.45, 7) is 1.01. The molecule has 0 atom stereocenters. The fourth-order valence-electron chi connectivity index (χ4n) is 4.55. The molecular formula is C24H30N4O4S. The zero-order chi connectivity index (χ0) is 23.4. The van der Waals surface area contributed by atoms with Crippen molar-refractivity contribution >= 4 is 27.6 Å². The first kappa shape index (κ1) is 23.3. The van der Waals surface area contributed by atoms with E-state index >= 15 is 0 Å². The number of sulfonamides is 1. The monoisotopic (exact) mass is 470 g/mol. The summed E-state index contributed by atoms with van der Waals surface area (Å²) in [5, 5.41) is 2.51. The Morgan fingerprint density at radius 3 is 2.18 bits per heavy atom. The number of nitrogens with one attached hydrogen (secondary N) is 1. The van der Waals surface area contributed by atoms with Gasteiger partial charge in [0, 0.05) is 30.7 Å². The summed E-state index contributed by atoms with van der Waals surface area (Å²) in [5.41, 5.74) is 7.54. The molecule has 33 heavy (non-hydrogen) atoms. The minimum Gasteiger partial charge on any atom is -0.335 e. The summed E-state index contributed by atoms with van der Waals surface area (Å²) < 4.78 is 26.3. The molecule has 9 heteroatoms. The SMILES string of the molecule is NC1CCC(C(=O)N2CCc3cc(S(=O)(=O)N4CCNC4=O)ccc32)CC1.c1ccccc1. The van der Waals surface area contributed by atoms with E-state index in [1.165, 1.54) is 6.07 Å². The number of fused-ring (bicyclic) bond motifs is 1. The molecule has 2 aromatic rings. The molecule has 2 heterocycles. The Balaban J connectivity index is 0.000000376. The highest BCUT2D eigenvalue weighted by atomic mass is 32.2. The summed E-state index contributed by atoms with van der Waals surface area (Å²) in [6.07, 6.45) is 3.96. The zero-order valence-electron chi connectivity index (χ0n) is 18.5. The quantitative estimate of drug-likeness (QED) is 0.716. The van der Waals surface area contributed by atoms with E-state index in [0.29, 0.717) is 19.5 Å². The minimum atomic E-state index is -3.87. The van der Waals surface area contributed by atoms with Crippen LogP contribution in [0.3, 0.4) is 0 Å². The maximum absolute atomic E-state index is 12.9. The van der Waals surface area contributed by atoms with Crippen molar-refractivity contribution in [3.63, 3.8) is 0 Å². The molecule has 8 nitrogen and oxygen atoms in total. The number of nitrogens with zero attached hydrogens (tertiary/aromatic N) is 2. The number of hydrogen-bond acceptors (Lipinski definition) is 5. The Bertz CT molecular complexity index is 1070. The van der Waals surface area contributed by atoms with Crippen LogP contribution in [-0.4, -0.2) is 50.3 Å². The van der Waals surface area contributed by atoms with Crippen molar-refractivity contribution in [2.45, 2.75) is 43.0 Å². The Morgan fingerprint density at radius 2 is 1.61 bits per heavy atom. The van der Waals surface area contributed by atoms with Crippen molar-refractivity contribution in [2.24, 2.45) is 11.7 Å². The summed E-state index contributed by atoms with van der Waals surface area (Å²) in [5.74, 6) is 0.0997. The second-order valence-electron chi connectivity index (χ2n) is 8.61. The van der Waals surface area contributed by atoms with Gasteiger partial charge >= 0.3 is 6.03 Å². The fourth-order valence-corrected chi connectivity index (χ4v) is 5.95. The van der Waals surface area contributed by atoms with Gasteiger partial charge < -0.3 is 16.0 Å². The van der Waals surface area contributed by atoms with Crippen molar-refractivity contribution in [2.75, 3.05) is 24.5 Å². The molecule has 0 aromatic heterocycles. The second kappa shape index (κ2) is 9.93. The molecule has 176 valence electrons. The van der Waals surface area contributed by atoms with E-state index in [2.05, 4.69) is 5.32 Å². The summed E-state index contributed by atoms with van der Waals surface area (Å²) in [4.78, 5) is 26.5. The molecule has 3 aliphatic rings. The van der Waals surface area contributed by atoms with E-state index in [1.54, 1.807) is 17.0 Å². The van der Waals surface area contributed by atoms with Gasteiger partial charge in [0.05, 0.1) is 11.4 Å². The molecule has 1 saturated heterocycles. The van der Waals surface area contributed by atoms with Crippen molar-refractivity contribution < 1.29 is 18.0 Å². The molecule has 0 radical (unpaired) electrons. The third kappa shape index (κ3) is 5.04. The van der Waals surface area contributed by atoms with Gasteiger partial charge in [-0.3, -0.25) is 4.79 Å². The molecule has 3 N–H and O–H groups in total. The predicted molar refractivity (Wildman–Crippen MR) is 126 cm³/mol. The molecule has 2 fully saturated rings. The first-order valence-electron chi connectivity index (χ1n) is 11.4. The molecule has 5 rings (SSSR count). The van der Waals surface area contributed by atoms with Gasteiger partial charge in [0.15, 0.2) is 0 Å². The number of anilines is 1. The van der Waals surface area contributed by atoms with Gasteiger partial charge in [0.25, 0.3) is 10.0 Å². The normalized spacial score (nSPS) is 22.3. The largest absolute Gasteiger partial charge is 0.335 e. The summed E-state index contributed by atoms with van der Waals surface area (Å²) >= 11 is 0. The average Bonchev–Trinajstić information content (AvgIpc) is 3.47. The van der Waals surface area contributed by atoms with Crippen LogP contribution >= 0.6 is 0 Å². The van der Waals surface area contributed by atoms with Crippen LogP contribution in [0.2, 0.25) is 0 Å². The van der Waals surface area contributed by atoms with Crippen LogP contribution in [0.25, 0.3) is 0 Å². The van der Waals surface area contributed by atoms with Crippen LogP contribution in [0, 0.1) is 5.92 Å². The zero-order valence-corrected chi connectivity index (χ0v) is 19.3. The van der Waals surface area contributed by atoms with Crippen molar-refractivity contribution in [1.82, 2.24) is 9.62 Å². The number of nitrogens with two attached hydrogens (primary N) is 1. The lowest BCUT2D eigenvalue weighted by Crippen LogP contribution is -2.38. The van der Waals surface area contributed by atoms with Crippen LogP contribution in [-0.2, 0) is 21.2 Å². The molecule has 2 aliphatic heterocycles. The first-order valence-corrected chi connectivity index (χ1v) is 12.8. The number of amides is 3. The Labute approximate surface area is 194 Å². The third-order valence-corrected chi connectivity index (χ3v) is 8.18. The first-order chi connectivity index (χ1) is 15.9. The van der Waals surface area contributed by atoms with E-state index in [-0.39, 0.29) is 29.3 Å². The molecule has 0 bridgehead atoms. The minimum absolute atomic E-state index is 0.00699. The highest BCUT2D eigenvalue weighted by Gasteiger charge is 2.36. The van der Waals surface area contributed by atoms with Gasteiger partial charge in [-0.15, -0.1) is 0 Å². The summed E-state index contributed by atoms with van der Waals surface area (Å²) in [7, 11) is -3.87. The van der Waals surface area contributed by atoms with Crippen LogP contribution in [0.4, 0.5) is 10.5 Å². The van der Waals surface area contributed by atoms with E-state index in [4.69, 9.17) is 5.73 Å². The Hall–Kier alpha value is -2.91. The summed E-state index contributed by atoms with van der Waals surface area (Å²) in [6, 6.07) is 16.4. The highest BCUT2D eigenvalue weighted by Crippen LogP contribution is 2.34. The molecule has 3 amide bonds. The van der Waals surface area contributed by atoms with Crippen LogP contribution < -0.4 is 16.0 Å². The molecule has 0 unspecified atom stereocenters. The van der Waals surface area contributed by atoms with Crippen LogP contribution in [0.5, 0.6) is 0 Å². The lowest BCUT2D eigenvalue weighted by atomic mass is 9.85. The van der Waals surface area contributed by atoms with Gasteiger partial charge in [-0.2, -0.15) is 0 Å². The number of urea groups is 1. The number of rotatable bonds is 3. The molecule has 1 saturated carbocycles. The topological polar surface area (TPSA) is 113 Å². The van der Waals surface area contributed by atoms with Crippen LogP contribution in [0.1, 0.15) is 31.2 Å². The van der Waals surface area contributed by atoms with E-state index in [9.17, 15) is 18.0 Å². The van der Waals surface area contributed by atoms with E-state index < -0.39 is 16.1 Å². The average molecular weight is 471 g/mol. The Kier molecular flexibility index (Phi) is 6.99. The Morgan fingerprint density at radius 1 is 0.970 bits per heavy atom. The van der Waals surface area contributed by atoms with Gasteiger partial charge in [0.1, 0.15) is 0 Å². The number of benzene rings is 2. The van der Waals surface area contributed by atoms with Gasteiger partial charge in [-0.25, -0.2) is 17.5 Å². The molecule has 1 aliphatic carbocycles. The maximum atomic E-state index is 12.9. The second-order valence-corrected chi connectivity index (χ2v) is 10.5. The fraction of sp³-hybridized carbons (Fsp3) is 0.417. The van der Waals surface area contributed by atoms with Gasteiger partial charge in [0.2, 0.25) is 5.91 Å². The molecule has 0 spiro atoms. The third-order valence-electron chi connectivity index (χ3n) is 6.41. The van der Waals surface area contributed by atoms with Crippen LogP contribution in [0.15, 0.2) is 59.5 Å². The number of carbonyl (C=O) groups excluding carboxylic acids is 2. The lowest BCUT2D eigenvalue weighted by molar-refractivity contribution is -0.123. The molecule has 2 aromatic carbocycles. The standard InChI is InChI=1S/C18H24N4O4S.C6H6/c19-14-3-1-12(2-4-14)17(23)21-9-7-13-11-15(5-6-16(13)21)27(25,26)22-10-8-20-18(22)24;1-2-4-6-5-3-1/h5-6,11-12,14H,1-4,7-10,19H2,(H,20,24);1-6H. The maximum Gasteiger partial charge on any atom is 0.331 e. The van der Waals surface area contributed by atoms with Crippen molar-refractivity contribution in [3.8, 4) is 0 Å². The molecular weight excluding hydrogens is 440 g/mol. The number of hydrogen-bond donors (Lipinski definition) is 2. The highest BCUT2D eigenvalue weighted by molar-refractivity contribution is 7.89. The van der Waals surface area contributed by atoms with Crippen molar-refractivity contribution in [1.29, 1.82) is 0 Å². The number of carbonyl (C=O) groups is 2. The van der Waals surface area contributed by atoms with E-state index in [0.717, 1.165) is 41.2 Å². The van der Waals surface area contributed by atoms with E-state index in [1.807, 2.05) is 36.4 Å². The van der Waals surface area contributed by atoms with Crippen molar-refractivity contribution in [3.05, 3.63) is 60.2 Å². The smallest absolute Gasteiger partial charge is 0.331 e. The lowest BCUT2D eigenvalue weighted by Gasteiger charge is -2.29.